The smallest absolute Gasteiger partial charge is 0.252 e. The molecule has 0 radical (unpaired) electrons. The van der Waals surface area contributed by atoms with E-state index in [9.17, 15) is 14.4 Å². The topological polar surface area (TPSA) is 66.5 Å². The van der Waals surface area contributed by atoms with E-state index in [4.69, 9.17) is 0 Å². The second-order valence-corrected chi connectivity index (χ2v) is 4.05. The summed E-state index contributed by atoms with van der Waals surface area (Å²) in [6, 6.07) is -0.647. The van der Waals surface area contributed by atoms with E-state index in [-0.39, 0.29) is 24.1 Å². The number of carbonyl (C=O) groups excluding carboxylic acids is 3. The number of amides is 3. The third-order valence-corrected chi connectivity index (χ3v) is 2.61. The lowest BCUT2D eigenvalue weighted by atomic mass is 10.2. The van der Waals surface area contributed by atoms with E-state index in [0.717, 1.165) is 19.3 Å². The maximum atomic E-state index is 11.7. The zero-order valence-corrected chi connectivity index (χ0v) is 9.78. The minimum Gasteiger partial charge on any atom is -0.344 e. The Hall–Kier alpha value is -1.39. The second-order valence-electron chi connectivity index (χ2n) is 4.05. The summed E-state index contributed by atoms with van der Waals surface area (Å²) in [4.78, 5) is 35.3. The number of unbranched alkanes of at least 4 members (excludes halogenated alkanes) is 2. The highest BCUT2D eigenvalue weighted by Crippen LogP contribution is 2.14. The molecule has 0 aliphatic carbocycles. The molecular formula is C11H18N2O3. The van der Waals surface area contributed by atoms with Gasteiger partial charge in [0, 0.05) is 13.5 Å². The lowest BCUT2D eigenvalue weighted by Crippen LogP contribution is -2.41. The van der Waals surface area contributed by atoms with Crippen LogP contribution in [0.1, 0.15) is 39.5 Å². The number of carbonyl (C=O) groups is 3. The summed E-state index contributed by atoms with van der Waals surface area (Å²) < 4.78 is 0. The zero-order chi connectivity index (χ0) is 12.1. The molecule has 0 aromatic rings. The van der Waals surface area contributed by atoms with Crippen molar-refractivity contribution in [2.75, 3.05) is 6.54 Å². The molecule has 0 spiro atoms. The van der Waals surface area contributed by atoms with Gasteiger partial charge in [-0.25, -0.2) is 0 Å². The Morgan fingerprint density at radius 1 is 1.44 bits per heavy atom. The number of rotatable bonds is 5. The van der Waals surface area contributed by atoms with Crippen LogP contribution in [0, 0.1) is 0 Å². The molecule has 1 N–H and O–H groups in total. The van der Waals surface area contributed by atoms with Crippen molar-refractivity contribution in [2.45, 2.75) is 45.6 Å². The van der Waals surface area contributed by atoms with Crippen LogP contribution in [0.3, 0.4) is 0 Å². The summed E-state index contributed by atoms with van der Waals surface area (Å²) in [5.41, 5.74) is 0. The minimum absolute atomic E-state index is 0.102. The van der Waals surface area contributed by atoms with Crippen LogP contribution < -0.4 is 5.32 Å². The molecular weight excluding hydrogens is 208 g/mol. The van der Waals surface area contributed by atoms with Crippen LogP contribution in [0.5, 0.6) is 0 Å². The number of likely N-dealkylation sites (tertiary alicyclic amines) is 1. The summed E-state index contributed by atoms with van der Waals surface area (Å²) in [5.74, 6) is -0.724. The first-order chi connectivity index (χ1) is 7.56. The van der Waals surface area contributed by atoms with E-state index in [1.165, 1.54) is 11.8 Å². The van der Waals surface area contributed by atoms with Crippen molar-refractivity contribution in [1.82, 2.24) is 10.2 Å². The van der Waals surface area contributed by atoms with Crippen LogP contribution >= 0.6 is 0 Å². The fourth-order valence-corrected chi connectivity index (χ4v) is 1.80. The van der Waals surface area contributed by atoms with Gasteiger partial charge in [0.2, 0.25) is 11.8 Å². The number of hydrogen-bond donors (Lipinski definition) is 1. The Balaban J connectivity index is 2.50. The van der Waals surface area contributed by atoms with E-state index in [1.54, 1.807) is 0 Å². The number of nitrogens with one attached hydrogen (secondary N) is 1. The van der Waals surface area contributed by atoms with Gasteiger partial charge in [-0.3, -0.25) is 19.3 Å². The van der Waals surface area contributed by atoms with Gasteiger partial charge in [-0.05, 0) is 6.42 Å². The monoisotopic (exact) mass is 226 g/mol. The minimum atomic E-state index is -0.647. The van der Waals surface area contributed by atoms with E-state index in [1.807, 2.05) is 0 Å². The molecule has 1 aliphatic rings. The maximum Gasteiger partial charge on any atom is 0.252 e. The van der Waals surface area contributed by atoms with E-state index < -0.39 is 6.04 Å². The Bertz CT molecular complexity index is 302. The highest BCUT2D eigenvalue weighted by molar-refractivity contribution is 6.06. The largest absolute Gasteiger partial charge is 0.344 e. The maximum absolute atomic E-state index is 11.7. The summed E-state index contributed by atoms with van der Waals surface area (Å²) in [6.45, 7) is 3.88. The summed E-state index contributed by atoms with van der Waals surface area (Å²) in [7, 11) is 0. The molecule has 1 aliphatic heterocycles. The fourth-order valence-electron chi connectivity index (χ4n) is 1.80. The van der Waals surface area contributed by atoms with Gasteiger partial charge in [0.25, 0.3) is 5.91 Å². The van der Waals surface area contributed by atoms with Gasteiger partial charge in [0.15, 0.2) is 0 Å². The van der Waals surface area contributed by atoms with Crippen molar-refractivity contribution in [3.05, 3.63) is 0 Å². The molecule has 1 heterocycles. The third-order valence-electron chi connectivity index (χ3n) is 2.61. The number of hydrogen-bond acceptors (Lipinski definition) is 3. The molecule has 0 aromatic carbocycles. The molecule has 1 rings (SSSR count). The van der Waals surface area contributed by atoms with Crippen LogP contribution in [0.4, 0.5) is 0 Å². The van der Waals surface area contributed by atoms with Gasteiger partial charge in [-0.2, -0.15) is 0 Å². The van der Waals surface area contributed by atoms with Crippen LogP contribution in [-0.2, 0) is 14.4 Å². The molecule has 5 heteroatoms. The summed E-state index contributed by atoms with van der Waals surface area (Å²) in [6.07, 6.45) is 2.98. The van der Waals surface area contributed by atoms with Gasteiger partial charge in [-0.1, -0.05) is 19.8 Å². The molecule has 1 saturated heterocycles. The first kappa shape index (κ1) is 12.7. The molecule has 0 unspecified atom stereocenters. The first-order valence-electron chi connectivity index (χ1n) is 5.67. The van der Waals surface area contributed by atoms with Gasteiger partial charge >= 0.3 is 0 Å². The molecule has 0 saturated carbocycles. The molecule has 0 bridgehead atoms. The van der Waals surface area contributed by atoms with Gasteiger partial charge < -0.3 is 5.32 Å². The average molecular weight is 226 g/mol. The SMILES string of the molecule is CCCCCN1C(=O)C[C@H](NC(C)=O)C1=O. The lowest BCUT2D eigenvalue weighted by Gasteiger charge is -2.14. The van der Waals surface area contributed by atoms with E-state index in [2.05, 4.69) is 12.2 Å². The van der Waals surface area contributed by atoms with Gasteiger partial charge in [0.1, 0.15) is 6.04 Å². The zero-order valence-electron chi connectivity index (χ0n) is 9.78. The van der Waals surface area contributed by atoms with Crippen LogP contribution in [-0.4, -0.2) is 35.2 Å². The molecule has 16 heavy (non-hydrogen) atoms. The second kappa shape index (κ2) is 5.63. The van der Waals surface area contributed by atoms with E-state index >= 15 is 0 Å². The van der Waals surface area contributed by atoms with Crippen molar-refractivity contribution in [3.63, 3.8) is 0 Å². The number of nitrogens with zero attached hydrogens (tertiary/aromatic N) is 1. The standard InChI is InChI=1S/C11H18N2O3/c1-3-4-5-6-13-10(15)7-9(11(13)16)12-8(2)14/h9H,3-7H2,1-2H3,(H,12,14)/t9-/m0/s1. The fraction of sp³-hybridized carbons (Fsp3) is 0.727. The van der Waals surface area contributed by atoms with Crippen molar-refractivity contribution < 1.29 is 14.4 Å². The lowest BCUT2D eigenvalue weighted by molar-refractivity contribution is -0.139. The van der Waals surface area contributed by atoms with E-state index in [0.29, 0.717) is 6.54 Å². The van der Waals surface area contributed by atoms with Crippen LogP contribution in [0.2, 0.25) is 0 Å². The molecule has 5 nitrogen and oxygen atoms in total. The third kappa shape index (κ3) is 3.05. The number of imide groups is 1. The van der Waals surface area contributed by atoms with Crippen molar-refractivity contribution in [1.29, 1.82) is 0 Å². The Morgan fingerprint density at radius 2 is 2.12 bits per heavy atom. The van der Waals surface area contributed by atoms with Crippen molar-refractivity contribution >= 4 is 17.7 Å². The molecule has 0 aromatic heterocycles. The summed E-state index contributed by atoms with van der Waals surface area (Å²) in [5, 5.41) is 2.49. The van der Waals surface area contributed by atoms with Crippen LogP contribution in [0.15, 0.2) is 0 Å². The quantitative estimate of drug-likeness (QED) is 0.546. The average Bonchev–Trinajstić information content (AvgIpc) is 2.45. The predicted octanol–water partition coefficient (Wildman–Crippen LogP) is 0.440. The highest BCUT2D eigenvalue weighted by atomic mass is 16.2. The predicted molar refractivity (Wildman–Crippen MR) is 58.5 cm³/mol. The Labute approximate surface area is 95.2 Å². The van der Waals surface area contributed by atoms with Crippen molar-refractivity contribution in [2.24, 2.45) is 0 Å². The normalized spacial score (nSPS) is 20.4. The molecule has 1 atom stereocenters. The highest BCUT2D eigenvalue weighted by Gasteiger charge is 2.38. The molecule has 1 fully saturated rings. The van der Waals surface area contributed by atoms with Gasteiger partial charge in [-0.15, -0.1) is 0 Å². The van der Waals surface area contributed by atoms with Crippen LogP contribution in [0.25, 0.3) is 0 Å². The Morgan fingerprint density at radius 3 is 2.69 bits per heavy atom. The Kier molecular flexibility index (Phi) is 4.46. The van der Waals surface area contributed by atoms with Crippen molar-refractivity contribution in [3.8, 4) is 0 Å². The summed E-state index contributed by atoms with van der Waals surface area (Å²) >= 11 is 0. The molecule has 90 valence electrons. The molecule has 3 amide bonds. The van der Waals surface area contributed by atoms with Gasteiger partial charge in [0.05, 0.1) is 6.42 Å². The first-order valence-corrected chi connectivity index (χ1v) is 5.67.